The van der Waals surface area contributed by atoms with Crippen LogP contribution in [0.25, 0.3) is 11.3 Å². The standard InChI is InChI=1S/C19H21N3O/c1-14-7-5-6-10-17(14)18(23)13-20-11-16-12-21-22-19(16)15-8-3-2-4-9-15/h2-10,12,18,20,23H,11,13H2,1H3,(H,21,22). The first-order valence-electron chi connectivity index (χ1n) is 7.77. The number of aromatic nitrogens is 2. The van der Waals surface area contributed by atoms with E-state index in [1.165, 1.54) is 0 Å². The van der Waals surface area contributed by atoms with Gasteiger partial charge in [-0.05, 0) is 23.6 Å². The van der Waals surface area contributed by atoms with Gasteiger partial charge in [-0.2, -0.15) is 5.10 Å². The van der Waals surface area contributed by atoms with Crippen LogP contribution in [0.4, 0.5) is 0 Å². The molecule has 0 saturated carbocycles. The molecule has 23 heavy (non-hydrogen) atoms. The lowest BCUT2D eigenvalue weighted by Crippen LogP contribution is -2.21. The second kappa shape index (κ2) is 7.22. The number of aliphatic hydroxyl groups excluding tert-OH is 1. The lowest BCUT2D eigenvalue weighted by molar-refractivity contribution is 0.173. The lowest BCUT2D eigenvalue weighted by Gasteiger charge is -2.14. The second-order valence-corrected chi connectivity index (χ2v) is 5.64. The molecule has 1 atom stereocenters. The van der Waals surface area contributed by atoms with Gasteiger partial charge in [0.15, 0.2) is 0 Å². The first-order chi connectivity index (χ1) is 11.3. The molecule has 4 nitrogen and oxygen atoms in total. The molecule has 1 unspecified atom stereocenters. The van der Waals surface area contributed by atoms with Crippen molar-refractivity contribution in [1.82, 2.24) is 15.5 Å². The fourth-order valence-electron chi connectivity index (χ4n) is 2.71. The highest BCUT2D eigenvalue weighted by Crippen LogP contribution is 2.21. The van der Waals surface area contributed by atoms with Crippen LogP contribution in [0.5, 0.6) is 0 Å². The van der Waals surface area contributed by atoms with Crippen molar-refractivity contribution in [1.29, 1.82) is 0 Å². The van der Waals surface area contributed by atoms with Gasteiger partial charge in [-0.1, -0.05) is 54.6 Å². The Labute approximate surface area is 136 Å². The van der Waals surface area contributed by atoms with E-state index in [0.717, 1.165) is 27.9 Å². The summed E-state index contributed by atoms with van der Waals surface area (Å²) in [6.45, 7) is 3.18. The van der Waals surface area contributed by atoms with E-state index in [9.17, 15) is 5.11 Å². The monoisotopic (exact) mass is 307 g/mol. The van der Waals surface area contributed by atoms with Gasteiger partial charge in [-0.15, -0.1) is 0 Å². The van der Waals surface area contributed by atoms with Gasteiger partial charge in [-0.25, -0.2) is 0 Å². The van der Waals surface area contributed by atoms with Crippen LogP contribution in [0.2, 0.25) is 0 Å². The Morgan fingerprint density at radius 2 is 1.83 bits per heavy atom. The number of aliphatic hydroxyl groups is 1. The summed E-state index contributed by atoms with van der Waals surface area (Å²) in [5.74, 6) is 0. The van der Waals surface area contributed by atoms with Crippen molar-refractivity contribution < 1.29 is 5.11 Å². The highest BCUT2D eigenvalue weighted by molar-refractivity contribution is 5.62. The third kappa shape index (κ3) is 3.67. The molecule has 0 aliphatic carbocycles. The fourth-order valence-corrected chi connectivity index (χ4v) is 2.71. The van der Waals surface area contributed by atoms with Crippen molar-refractivity contribution >= 4 is 0 Å². The molecule has 0 saturated heterocycles. The Balaban J connectivity index is 1.62. The number of aromatic amines is 1. The quantitative estimate of drug-likeness (QED) is 0.655. The number of nitrogens with one attached hydrogen (secondary N) is 2. The first kappa shape index (κ1) is 15.5. The molecule has 0 aliphatic heterocycles. The Morgan fingerprint density at radius 1 is 1.09 bits per heavy atom. The average molecular weight is 307 g/mol. The molecule has 0 bridgehead atoms. The Morgan fingerprint density at radius 3 is 2.61 bits per heavy atom. The molecule has 3 rings (SSSR count). The summed E-state index contributed by atoms with van der Waals surface area (Å²) in [4.78, 5) is 0. The van der Waals surface area contributed by atoms with Gasteiger partial charge in [0.25, 0.3) is 0 Å². The highest BCUT2D eigenvalue weighted by Gasteiger charge is 2.11. The minimum absolute atomic E-state index is 0.504. The van der Waals surface area contributed by atoms with Crippen LogP contribution in [0.3, 0.4) is 0 Å². The van der Waals surface area contributed by atoms with Crippen LogP contribution in [0, 0.1) is 6.92 Å². The van der Waals surface area contributed by atoms with E-state index in [0.29, 0.717) is 13.1 Å². The summed E-state index contributed by atoms with van der Waals surface area (Å²) >= 11 is 0. The zero-order chi connectivity index (χ0) is 16.1. The maximum atomic E-state index is 10.3. The van der Waals surface area contributed by atoms with Gasteiger partial charge in [0.05, 0.1) is 18.0 Å². The minimum atomic E-state index is -0.511. The van der Waals surface area contributed by atoms with E-state index in [1.54, 1.807) is 0 Å². The average Bonchev–Trinajstić information content (AvgIpc) is 3.04. The molecule has 3 N–H and O–H groups in total. The van der Waals surface area contributed by atoms with Crippen LogP contribution in [-0.2, 0) is 6.54 Å². The zero-order valence-corrected chi connectivity index (χ0v) is 13.2. The number of hydrogen-bond acceptors (Lipinski definition) is 3. The lowest BCUT2D eigenvalue weighted by atomic mass is 10.0. The van der Waals surface area contributed by atoms with Gasteiger partial charge in [0.1, 0.15) is 0 Å². The summed E-state index contributed by atoms with van der Waals surface area (Å²) in [5, 5.41) is 20.8. The topological polar surface area (TPSA) is 60.9 Å². The van der Waals surface area contributed by atoms with Gasteiger partial charge in [-0.3, -0.25) is 5.10 Å². The van der Waals surface area contributed by atoms with Crippen molar-refractivity contribution in [3.05, 3.63) is 77.5 Å². The molecule has 3 aromatic rings. The summed E-state index contributed by atoms with van der Waals surface area (Å²) in [7, 11) is 0. The van der Waals surface area contributed by atoms with Gasteiger partial charge in [0.2, 0.25) is 0 Å². The SMILES string of the molecule is Cc1ccccc1C(O)CNCc1cn[nH]c1-c1ccccc1. The van der Waals surface area contributed by atoms with Crippen LogP contribution in [-0.4, -0.2) is 21.8 Å². The zero-order valence-electron chi connectivity index (χ0n) is 13.2. The maximum Gasteiger partial charge on any atom is 0.0917 e. The van der Waals surface area contributed by atoms with Crippen molar-refractivity contribution in [3.8, 4) is 11.3 Å². The molecule has 118 valence electrons. The minimum Gasteiger partial charge on any atom is -0.387 e. The molecule has 1 heterocycles. The summed E-state index contributed by atoms with van der Waals surface area (Å²) in [5.41, 5.74) is 5.29. The molecule has 0 aliphatic rings. The van der Waals surface area contributed by atoms with Crippen LogP contribution >= 0.6 is 0 Å². The van der Waals surface area contributed by atoms with E-state index in [2.05, 4.69) is 27.6 Å². The van der Waals surface area contributed by atoms with Gasteiger partial charge >= 0.3 is 0 Å². The maximum absolute atomic E-state index is 10.3. The predicted octanol–water partition coefficient (Wildman–Crippen LogP) is 3.21. The molecule has 1 aromatic heterocycles. The van der Waals surface area contributed by atoms with Crippen LogP contribution < -0.4 is 5.32 Å². The van der Waals surface area contributed by atoms with E-state index < -0.39 is 6.10 Å². The van der Waals surface area contributed by atoms with Crippen LogP contribution in [0.15, 0.2) is 60.8 Å². The molecule has 0 spiro atoms. The summed E-state index contributed by atoms with van der Waals surface area (Å²) < 4.78 is 0. The largest absolute Gasteiger partial charge is 0.387 e. The Kier molecular flexibility index (Phi) is 4.86. The molecule has 0 radical (unpaired) electrons. The normalized spacial score (nSPS) is 12.3. The van der Waals surface area contributed by atoms with E-state index in [-0.39, 0.29) is 0 Å². The molecule has 4 heteroatoms. The number of benzene rings is 2. The summed E-state index contributed by atoms with van der Waals surface area (Å²) in [6.07, 6.45) is 1.32. The number of rotatable bonds is 6. The smallest absolute Gasteiger partial charge is 0.0917 e. The summed E-state index contributed by atoms with van der Waals surface area (Å²) in [6, 6.07) is 18.0. The van der Waals surface area contributed by atoms with Gasteiger partial charge in [0, 0.05) is 18.7 Å². The van der Waals surface area contributed by atoms with E-state index in [4.69, 9.17) is 0 Å². The molecule has 0 fully saturated rings. The highest BCUT2D eigenvalue weighted by atomic mass is 16.3. The van der Waals surface area contributed by atoms with Crippen molar-refractivity contribution in [2.45, 2.75) is 19.6 Å². The number of hydrogen-bond donors (Lipinski definition) is 3. The van der Waals surface area contributed by atoms with Crippen LogP contribution in [0.1, 0.15) is 22.8 Å². The predicted molar refractivity (Wildman–Crippen MR) is 91.9 cm³/mol. The number of aryl methyl sites for hydroxylation is 1. The van der Waals surface area contributed by atoms with Gasteiger partial charge < -0.3 is 10.4 Å². The molecular formula is C19H21N3O. The first-order valence-corrected chi connectivity index (χ1v) is 7.77. The molecular weight excluding hydrogens is 286 g/mol. The van der Waals surface area contributed by atoms with Crippen molar-refractivity contribution in [3.63, 3.8) is 0 Å². The fraction of sp³-hybridized carbons (Fsp3) is 0.211. The second-order valence-electron chi connectivity index (χ2n) is 5.64. The Bertz CT molecular complexity index is 752. The third-order valence-electron chi connectivity index (χ3n) is 3.98. The van der Waals surface area contributed by atoms with Crippen molar-refractivity contribution in [2.24, 2.45) is 0 Å². The third-order valence-corrected chi connectivity index (χ3v) is 3.98. The Hall–Kier alpha value is -2.43. The van der Waals surface area contributed by atoms with Crippen molar-refractivity contribution in [2.75, 3.05) is 6.54 Å². The van der Waals surface area contributed by atoms with E-state index >= 15 is 0 Å². The molecule has 0 amide bonds. The van der Waals surface area contributed by atoms with E-state index in [1.807, 2.05) is 55.6 Å². The number of H-pyrrole nitrogens is 1. The number of nitrogens with zero attached hydrogens (tertiary/aromatic N) is 1. The molecule has 2 aromatic carbocycles.